The number of benzene rings is 9. The fourth-order valence-corrected chi connectivity index (χ4v) is 9.34. The van der Waals surface area contributed by atoms with Crippen LogP contribution < -0.4 is 0 Å². The van der Waals surface area contributed by atoms with E-state index in [1.807, 2.05) is 0 Å². The summed E-state index contributed by atoms with van der Waals surface area (Å²) < 4.78 is 2.27. The van der Waals surface area contributed by atoms with E-state index in [1.165, 1.54) is 71.6 Å². The van der Waals surface area contributed by atoms with Crippen LogP contribution in [0.4, 0.5) is 0 Å². The smallest absolute Gasteiger partial charge is 0.145 e. The standard InChI is InChI=1S/C58H42N2/c1-39-29-35-47(42-19-7-3-8-20-42)52(37-39)57-50-26-14-13-25-49(50)56(48-24-12-11-23-46(48)41-17-5-2-6-18-41)51-36-34-44(38-53(51)57)40-30-32-43(33-31-40)58-59-54-27-15-16-28-55(54)60(58)45-21-9-4-10-22-45/h2-28,30-39H,29H2,1H3. The van der Waals surface area contributed by atoms with Gasteiger partial charge in [-0.25, -0.2) is 4.98 Å². The molecule has 1 atom stereocenters. The topological polar surface area (TPSA) is 17.8 Å². The van der Waals surface area contributed by atoms with Gasteiger partial charge in [-0.2, -0.15) is 0 Å². The number of nitrogens with zero attached hydrogens (tertiary/aromatic N) is 2. The molecular weight excluding hydrogens is 725 g/mol. The number of fused-ring (bicyclic) bond motifs is 3. The molecule has 9 aromatic carbocycles. The highest BCUT2D eigenvalue weighted by Gasteiger charge is 2.24. The molecule has 0 saturated carbocycles. The Hall–Kier alpha value is -7.55. The first-order valence-electron chi connectivity index (χ1n) is 20.9. The molecule has 10 aromatic rings. The van der Waals surface area contributed by atoms with E-state index in [9.17, 15) is 0 Å². The van der Waals surface area contributed by atoms with Crippen LogP contribution in [0.2, 0.25) is 0 Å². The van der Waals surface area contributed by atoms with E-state index in [2.05, 4.69) is 230 Å². The summed E-state index contributed by atoms with van der Waals surface area (Å²) in [5.74, 6) is 1.34. The molecule has 11 rings (SSSR count). The molecule has 1 aliphatic carbocycles. The summed E-state index contributed by atoms with van der Waals surface area (Å²) in [6.07, 6.45) is 5.99. The average molecular weight is 767 g/mol. The van der Waals surface area contributed by atoms with E-state index in [1.54, 1.807) is 0 Å². The van der Waals surface area contributed by atoms with Crippen LogP contribution in [0.5, 0.6) is 0 Å². The third kappa shape index (κ3) is 6.17. The van der Waals surface area contributed by atoms with Gasteiger partial charge in [-0.15, -0.1) is 0 Å². The Morgan fingerprint density at radius 2 is 1.00 bits per heavy atom. The van der Waals surface area contributed by atoms with Crippen LogP contribution in [0.25, 0.3) is 94.2 Å². The van der Waals surface area contributed by atoms with E-state index in [4.69, 9.17) is 4.98 Å². The summed E-state index contributed by atoms with van der Waals surface area (Å²) in [5.41, 5.74) is 16.7. The third-order valence-electron chi connectivity index (χ3n) is 12.1. The minimum Gasteiger partial charge on any atom is -0.292 e. The van der Waals surface area contributed by atoms with Gasteiger partial charge in [-0.1, -0.05) is 195 Å². The second-order valence-corrected chi connectivity index (χ2v) is 15.9. The molecule has 0 fully saturated rings. The highest BCUT2D eigenvalue weighted by atomic mass is 15.1. The zero-order valence-electron chi connectivity index (χ0n) is 33.5. The molecule has 0 saturated heterocycles. The predicted molar refractivity (Wildman–Crippen MR) is 254 cm³/mol. The molecule has 2 heteroatoms. The lowest BCUT2D eigenvalue weighted by Gasteiger charge is -2.25. The number of aromatic nitrogens is 2. The van der Waals surface area contributed by atoms with E-state index in [0.29, 0.717) is 5.92 Å². The minimum absolute atomic E-state index is 0.413. The van der Waals surface area contributed by atoms with Gasteiger partial charge in [0.05, 0.1) is 11.0 Å². The van der Waals surface area contributed by atoms with Crippen LogP contribution in [-0.2, 0) is 0 Å². The van der Waals surface area contributed by atoms with Crippen molar-refractivity contribution >= 4 is 43.7 Å². The highest BCUT2D eigenvalue weighted by Crippen LogP contribution is 2.49. The fourth-order valence-electron chi connectivity index (χ4n) is 9.34. The summed E-state index contributed by atoms with van der Waals surface area (Å²) >= 11 is 0. The molecule has 0 amide bonds. The van der Waals surface area contributed by atoms with Crippen LogP contribution in [0.1, 0.15) is 24.5 Å². The normalized spacial score (nSPS) is 14.1. The zero-order valence-corrected chi connectivity index (χ0v) is 33.5. The second-order valence-electron chi connectivity index (χ2n) is 15.9. The van der Waals surface area contributed by atoms with Crippen LogP contribution in [0.15, 0.2) is 218 Å². The van der Waals surface area contributed by atoms with Crippen molar-refractivity contribution in [1.29, 1.82) is 0 Å². The summed E-state index contributed by atoms with van der Waals surface area (Å²) in [7, 11) is 0. The highest BCUT2D eigenvalue weighted by molar-refractivity contribution is 6.25. The molecule has 2 nitrogen and oxygen atoms in total. The van der Waals surface area contributed by atoms with Crippen molar-refractivity contribution in [2.24, 2.45) is 5.92 Å². The Morgan fingerprint density at radius 1 is 0.433 bits per heavy atom. The summed E-state index contributed by atoms with van der Waals surface area (Å²) in [5, 5.41) is 5.02. The van der Waals surface area contributed by atoms with Crippen LogP contribution in [-0.4, -0.2) is 9.55 Å². The van der Waals surface area contributed by atoms with Gasteiger partial charge in [-0.3, -0.25) is 4.57 Å². The largest absolute Gasteiger partial charge is 0.292 e. The summed E-state index contributed by atoms with van der Waals surface area (Å²) in [6, 6.07) is 74.7. The van der Waals surface area contributed by atoms with Crippen molar-refractivity contribution in [3.63, 3.8) is 0 Å². The van der Waals surface area contributed by atoms with Gasteiger partial charge in [0.15, 0.2) is 0 Å². The quantitative estimate of drug-likeness (QED) is 0.148. The van der Waals surface area contributed by atoms with Gasteiger partial charge < -0.3 is 0 Å². The Bertz CT molecular complexity index is 3260. The van der Waals surface area contributed by atoms with Crippen molar-refractivity contribution in [1.82, 2.24) is 9.55 Å². The first-order valence-corrected chi connectivity index (χ1v) is 20.9. The fraction of sp³-hybridized carbons (Fsp3) is 0.0517. The first-order chi connectivity index (χ1) is 29.7. The lowest BCUT2D eigenvalue weighted by molar-refractivity contribution is 0.742. The monoisotopic (exact) mass is 766 g/mol. The van der Waals surface area contributed by atoms with Gasteiger partial charge in [0.25, 0.3) is 0 Å². The third-order valence-corrected chi connectivity index (χ3v) is 12.1. The second kappa shape index (κ2) is 15.0. The molecule has 60 heavy (non-hydrogen) atoms. The molecule has 0 N–H and O–H groups in total. The molecule has 0 radical (unpaired) electrons. The number of hydrogen-bond donors (Lipinski definition) is 0. The molecule has 0 spiro atoms. The lowest BCUT2D eigenvalue weighted by Crippen LogP contribution is -2.03. The maximum Gasteiger partial charge on any atom is 0.145 e. The molecule has 0 bridgehead atoms. The minimum atomic E-state index is 0.413. The van der Waals surface area contributed by atoms with Crippen molar-refractivity contribution in [3.8, 4) is 50.5 Å². The van der Waals surface area contributed by atoms with E-state index in [-0.39, 0.29) is 0 Å². The number of imidazole rings is 1. The zero-order chi connectivity index (χ0) is 40.0. The molecule has 1 heterocycles. The van der Waals surface area contributed by atoms with Gasteiger partial charge in [0.1, 0.15) is 5.82 Å². The van der Waals surface area contributed by atoms with Crippen LogP contribution >= 0.6 is 0 Å². The maximum absolute atomic E-state index is 5.15. The van der Waals surface area contributed by atoms with Crippen molar-refractivity contribution in [2.45, 2.75) is 13.3 Å². The number of rotatable bonds is 7. The van der Waals surface area contributed by atoms with Gasteiger partial charge in [0.2, 0.25) is 0 Å². The average Bonchev–Trinajstić information content (AvgIpc) is 3.71. The van der Waals surface area contributed by atoms with Crippen LogP contribution in [0, 0.1) is 5.92 Å². The van der Waals surface area contributed by atoms with Crippen LogP contribution in [0.3, 0.4) is 0 Å². The molecule has 0 aliphatic heterocycles. The first kappa shape index (κ1) is 35.6. The van der Waals surface area contributed by atoms with Gasteiger partial charge in [-0.05, 0) is 120 Å². The Morgan fingerprint density at radius 3 is 1.75 bits per heavy atom. The lowest BCUT2D eigenvalue weighted by atomic mass is 9.78. The molecule has 1 aliphatic rings. The molecule has 284 valence electrons. The Labute approximate surface area is 351 Å². The molecule has 1 unspecified atom stereocenters. The van der Waals surface area contributed by atoms with Crippen molar-refractivity contribution in [2.75, 3.05) is 0 Å². The number of hydrogen-bond acceptors (Lipinski definition) is 1. The Kier molecular flexibility index (Phi) is 8.90. The van der Waals surface area contributed by atoms with Gasteiger partial charge >= 0.3 is 0 Å². The van der Waals surface area contributed by atoms with Gasteiger partial charge in [0, 0.05) is 11.3 Å². The van der Waals surface area contributed by atoms with E-state index in [0.717, 1.165) is 40.1 Å². The predicted octanol–water partition coefficient (Wildman–Crippen LogP) is 15.5. The number of para-hydroxylation sites is 3. The Balaban J connectivity index is 1.14. The molecular formula is C58H42N2. The van der Waals surface area contributed by atoms with Crippen molar-refractivity contribution < 1.29 is 0 Å². The maximum atomic E-state index is 5.15. The summed E-state index contributed by atoms with van der Waals surface area (Å²) in [6.45, 7) is 2.34. The van der Waals surface area contributed by atoms with Crippen molar-refractivity contribution in [3.05, 3.63) is 230 Å². The van der Waals surface area contributed by atoms with E-state index >= 15 is 0 Å². The SMILES string of the molecule is CC1C=C(c2c3ccccc3c(-c3ccccc3-c3ccccc3)c3ccc(-c4ccc(-c5nc6ccccc6n5-c5ccccc5)cc4)cc23)C(c2ccccc2)=CC1. The van der Waals surface area contributed by atoms with E-state index < -0.39 is 0 Å². The molecule has 1 aromatic heterocycles. The number of allylic oxidation sites excluding steroid dienone is 4. The summed E-state index contributed by atoms with van der Waals surface area (Å²) in [4.78, 5) is 5.15.